The number of carbonyl (C=O) groups is 1. The Morgan fingerprint density at radius 2 is 2.50 bits per heavy atom. The molecule has 0 aromatic heterocycles. The van der Waals surface area contributed by atoms with Gasteiger partial charge in [0.05, 0.1) is 0 Å². The van der Waals surface area contributed by atoms with Crippen molar-refractivity contribution in [3.63, 3.8) is 0 Å². The van der Waals surface area contributed by atoms with Crippen molar-refractivity contribution in [2.24, 2.45) is 0 Å². The van der Waals surface area contributed by atoms with Crippen LogP contribution in [0.4, 0.5) is 0 Å². The topological polar surface area (TPSA) is 38.3 Å². The van der Waals surface area contributed by atoms with Gasteiger partial charge in [-0.3, -0.25) is 4.79 Å². The van der Waals surface area contributed by atoms with Crippen LogP contribution in [-0.4, -0.2) is 25.2 Å². The lowest BCUT2D eigenvalue weighted by atomic mass is 10.1. The summed E-state index contributed by atoms with van der Waals surface area (Å²) in [6, 6.07) is 0. The van der Waals surface area contributed by atoms with E-state index < -0.39 is 0 Å². The maximum Gasteiger partial charge on any atom is 0.303 e. The third-order valence-corrected chi connectivity index (χ3v) is 1.92. The van der Waals surface area contributed by atoms with Crippen LogP contribution >= 0.6 is 0 Å². The molecule has 1 rings (SSSR count). The first-order valence-corrected chi connectivity index (χ1v) is 4.27. The Hall–Kier alpha value is -0.830. The molecule has 0 spiro atoms. The van der Waals surface area contributed by atoms with Crippen molar-refractivity contribution in [3.05, 3.63) is 11.6 Å². The van der Waals surface area contributed by atoms with Crippen molar-refractivity contribution in [1.29, 1.82) is 0 Å². The average Bonchev–Trinajstić information content (AvgIpc) is 2.05. The molecule has 1 aliphatic heterocycles. The Morgan fingerprint density at radius 3 is 3.00 bits per heavy atom. The van der Waals surface area contributed by atoms with Gasteiger partial charge in [-0.25, -0.2) is 0 Å². The molecule has 1 atom stereocenters. The molecule has 0 bridgehead atoms. The second kappa shape index (κ2) is 4.26. The van der Waals surface area contributed by atoms with Gasteiger partial charge in [0.2, 0.25) is 0 Å². The largest absolute Gasteiger partial charge is 0.458 e. The second-order valence-corrected chi connectivity index (χ2v) is 3.00. The first-order chi connectivity index (χ1) is 5.70. The van der Waals surface area contributed by atoms with E-state index in [1.807, 2.05) is 6.92 Å². The first kappa shape index (κ1) is 9.26. The van der Waals surface area contributed by atoms with Crippen LogP contribution in [0.5, 0.6) is 0 Å². The third kappa shape index (κ3) is 2.66. The maximum absolute atomic E-state index is 10.6. The van der Waals surface area contributed by atoms with Gasteiger partial charge in [-0.05, 0) is 25.5 Å². The van der Waals surface area contributed by atoms with Gasteiger partial charge in [0, 0.05) is 13.5 Å². The van der Waals surface area contributed by atoms with E-state index in [-0.39, 0.29) is 12.1 Å². The van der Waals surface area contributed by atoms with Crippen LogP contribution < -0.4 is 5.32 Å². The van der Waals surface area contributed by atoms with Crippen LogP contribution in [0.1, 0.15) is 20.3 Å². The molecule has 12 heavy (non-hydrogen) atoms. The first-order valence-electron chi connectivity index (χ1n) is 4.27. The van der Waals surface area contributed by atoms with Crippen molar-refractivity contribution in [3.8, 4) is 0 Å². The van der Waals surface area contributed by atoms with Crippen molar-refractivity contribution >= 4 is 5.97 Å². The van der Waals surface area contributed by atoms with Gasteiger partial charge >= 0.3 is 5.97 Å². The van der Waals surface area contributed by atoms with Gasteiger partial charge in [0.15, 0.2) is 0 Å². The van der Waals surface area contributed by atoms with Crippen LogP contribution in [0.15, 0.2) is 11.6 Å². The lowest BCUT2D eigenvalue weighted by Gasteiger charge is -2.19. The highest BCUT2D eigenvalue weighted by molar-refractivity contribution is 5.66. The molecule has 68 valence electrons. The lowest BCUT2D eigenvalue weighted by molar-refractivity contribution is -0.143. The molecule has 1 heterocycles. The number of carbonyl (C=O) groups excluding carboxylic acids is 1. The molecule has 0 aromatic rings. The van der Waals surface area contributed by atoms with Crippen molar-refractivity contribution in [1.82, 2.24) is 5.32 Å². The predicted octanol–water partition coefficient (Wildman–Crippen LogP) is 0.858. The van der Waals surface area contributed by atoms with Crippen LogP contribution in [0.25, 0.3) is 0 Å². The summed E-state index contributed by atoms with van der Waals surface area (Å²) in [5, 5.41) is 3.23. The van der Waals surface area contributed by atoms with E-state index in [1.165, 1.54) is 12.5 Å². The average molecular weight is 169 g/mol. The normalized spacial score (nSPS) is 19.7. The molecular formula is C9H15NO2. The van der Waals surface area contributed by atoms with Gasteiger partial charge < -0.3 is 10.1 Å². The Bertz CT molecular complexity index is 199. The second-order valence-electron chi connectivity index (χ2n) is 3.00. The fraction of sp³-hybridized carbons (Fsp3) is 0.667. The predicted molar refractivity (Wildman–Crippen MR) is 46.8 cm³/mol. The molecule has 1 N–H and O–H groups in total. The van der Waals surface area contributed by atoms with Gasteiger partial charge in [0.1, 0.15) is 6.10 Å². The van der Waals surface area contributed by atoms with E-state index >= 15 is 0 Å². The number of hydrogen-bond donors (Lipinski definition) is 1. The minimum atomic E-state index is -0.214. The molecule has 1 aliphatic rings. The summed E-state index contributed by atoms with van der Waals surface area (Å²) < 4.78 is 5.04. The molecule has 3 heteroatoms. The van der Waals surface area contributed by atoms with E-state index in [0.29, 0.717) is 0 Å². The monoisotopic (exact) mass is 169 g/mol. The zero-order chi connectivity index (χ0) is 8.97. The fourth-order valence-corrected chi connectivity index (χ4v) is 1.30. The SMILES string of the molecule is CC(=O)O[C@H](C)C1=CCCNC1. The third-order valence-electron chi connectivity index (χ3n) is 1.92. The van der Waals surface area contributed by atoms with Crippen LogP contribution in [-0.2, 0) is 9.53 Å². The number of ether oxygens (including phenoxy) is 1. The van der Waals surface area contributed by atoms with Gasteiger partial charge in [-0.15, -0.1) is 0 Å². The summed E-state index contributed by atoms with van der Waals surface area (Å²) in [5.41, 5.74) is 1.18. The molecular weight excluding hydrogens is 154 g/mol. The van der Waals surface area contributed by atoms with Crippen LogP contribution in [0.3, 0.4) is 0 Å². The van der Waals surface area contributed by atoms with Gasteiger partial charge in [0.25, 0.3) is 0 Å². The molecule has 0 aliphatic carbocycles. The fourth-order valence-electron chi connectivity index (χ4n) is 1.30. The summed E-state index contributed by atoms with van der Waals surface area (Å²) in [6.45, 7) is 5.21. The maximum atomic E-state index is 10.6. The zero-order valence-electron chi connectivity index (χ0n) is 7.59. The van der Waals surface area contributed by atoms with Crippen molar-refractivity contribution in [2.45, 2.75) is 26.4 Å². The molecule has 0 aromatic carbocycles. The quantitative estimate of drug-likeness (QED) is 0.492. The number of hydrogen-bond acceptors (Lipinski definition) is 3. The lowest BCUT2D eigenvalue weighted by Crippen LogP contribution is -2.29. The van der Waals surface area contributed by atoms with Gasteiger partial charge in [-0.2, -0.15) is 0 Å². The Kier molecular flexibility index (Phi) is 3.29. The Labute approximate surface area is 72.8 Å². The highest BCUT2D eigenvalue weighted by atomic mass is 16.5. The van der Waals surface area contributed by atoms with Crippen LogP contribution in [0, 0.1) is 0 Å². The van der Waals surface area contributed by atoms with Crippen molar-refractivity contribution in [2.75, 3.05) is 13.1 Å². The smallest absolute Gasteiger partial charge is 0.303 e. The Morgan fingerprint density at radius 1 is 1.75 bits per heavy atom. The van der Waals surface area contributed by atoms with E-state index in [9.17, 15) is 4.79 Å². The van der Waals surface area contributed by atoms with E-state index in [1.54, 1.807) is 0 Å². The van der Waals surface area contributed by atoms with Gasteiger partial charge in [-0.1, -0.05) is 6.08 Å². The number of rotatable bonds is 2. The number of esters is 1. The molecule has 0 radical (unpaired) electrons. The zero-order valence-corrected chi connectivity index (χ0v) is 7.59. The van der Waals surface area contributed by atoms with E-state index in [2.05, 4.69) is 11.4 Å². The highest BCUT2D eigenvalue weighted by Crippen LogP contribution is 2.09. The molecule has 0 unspecified atom stereocenters. The Balaban J connectivity index is 2.44. The molecule has 3 nitrogen and oxygen atoms in total. The number of nitrogens with one attached hydrogen (secondary N) is 1. The summed E-state index contributed by atoms with van der Waals surface area (Å²) in [7, 11) is 0. The molecule has 0 amide bonds. The van der Waals surface area contributed by atoms with E-state index in [4.69, 9.17) is 4.74 Å². The summed E-state index contributed by atoms with van der Waals surface area (Å²) in [4.78, 5) is 10.6. The minimum Gasteiger partial charge on any atom is -0.458 e. The summed E-state index contributed by atoms with van der Waals surface area (Å²) >= 11 is 0. The minimum absolute atomic E-state index is 0.0738. The summed E-state index contributed by atoms with van der Waals surface area (Å²) in [6.07, 6.45) is 3.10. The van der Waals surface area contributed by atoms with Crippen molar-refractivity contribution < 1.29 is 9.53 Å². The molecule has 0 saturated carbocycles. The van der Waals surface area contributed by atoms with Crippen LogP contribution in [0.2, 0.25) is 0 Å². The molecule has 0 saturated heterocycles. The standard InChI is InChI=1S/C9H15NO2/c1-7(12-8(2)11)9-4-3-5-10-6-9/h4,7,10H,3,5-6H2,1-2H3/t7-/m1/s1. The molecule has 0 fully saturated rings. The summed E-state index contributed by atoms with van der Waals surface area (Å²) in [5.74, 6) is -0.214. The van der Waals surface area contributed by atoms with E-state index in [0.717, 1.165) is 19.5 Å². The highest BCUT2D eigenvalue weighted by Gasteiger charge is 2.12.